The van der Waals surface area contributed by atoms with E-state index in [4.69, 9.17) is 9.84 Å². The number of imide groups is 1. The maximum Gasteiger partial charge on any atom is 0.305 e. The summed E-state index contributed by atoms with van der Waals surface area (Å²) < 4.78 is 5.39. The Morgan fingerprint density at radius 3 is 2.61 bits per heavy atom. The van der Waals surface area contributed by atoms with Crippen molar-refractivity contribution >= 4 is 45.3 Å². The lowest BCUT2D eigenvalue weighted by atomic mass is 9.59. The molecule has 4 aliphatic rings. The first-order valence-corrected chi connectivity index (χ1v) is 12.3. The number of methoxy groups -OCH3 is 1. The number of amides is 2. The number of carbonyl (C=O) groups is 5. The average Bonchev–Trinajstić information content (AvgIpc) is 3.09. The number of aliphatic carboxylic acids is 1. The molecule has 186 valence electrons. The molecule has 1 aromatic rings. The Morgan fingerprint density at radius 1 is 1.17 bits per heavy atom. The molecule has 9 nitrogen and oxygen atoms in total. The van der Waals surface area contributed by atoms with Crippen molar-refractivity contribution in [3.05, 3.63) is 57.1 Å². The minimum Gasteiger partial charge on any atom is -0.504 e. The maximum absolute atomic E-state index is 13.4. The van der Waals surface area contributed by atoms with Crippen molar-refractivity contribution in [1.82, 2.24) is 4.90 Å². The van der Waals surface area contributed by atoms with Gasteiger partial charge in [-0.25, -0.2) is 0 Å². The molecule has 2 N–H and O–H groups in total. The number of carboxylic acids is 1. The highest BCUT2D eigenvalue weighted by molar-refractivity contribution is 9.12. The van der Waals surface area contributed by atoms with Crippen LogP contribution in [0.2, 0.25) is 0 Å². The smallest absolute Gasteiger partial charge is 0.305 e. The molecule has 0 unspecified atom stereocenters. The van der Waals surface area contributed by atoms with E-state index in [2.05, 4.69) is 15.9 Å². The number of ether oxygens (including phenoxy) is 1. The Labute approximate surface area is 214 Å². The van der Waals surface area contributed by atoms with Crippen molar-refractivity contribution in [1.29, 1.82) is 0 Å². The lowest BCUT2D eigenvalue weighted by Crippen LogP contribution is -2.39. The Hall–Kier alpha value is -3.53. The molecule has 0 radical (unpaired) electrons. The highest BCUT2D eigenvalue weighted by Crippen LogP contribution is 2.55. The van der Waals surface area contributed by atoms with E-state index in [1.807, 2.05) is 6.08 Å². The fraction of sp³-hybridized carbons (Fsp3) is 0.346. The Morgan fingerprint density at radius 2 is 1.92 bits per heavy atom. The van der Waals surface area contributed by atoms with Crippen LogP contribution in [0.4, 0.5) is 0 Å². The number of benzene rings is 1. The quantitative estimate of drug-likeness (QED) is 0.321. The molecule has 0 bridgehead atoms. The first-order chi connectivity index (χ1) is 17.1. The number of hydrogen-bond donors (Lipinski definition) is 2. The highest BCUT2D eigenvalue weighted by Gasteiger charge is 2.56. The molecule has 10 heteroatoms. The van der Waals surface area contributed by atoms with E-state index in [1.54, 1.807) is 12.1 Å². The van der Waals surface area contributed by atoms with Gasteiger partial charge >= 0.3 is 5.97 Å². The van der Waals surface area contributed by atoms with Crippen LogP contribution >= 0.6 is 15.9 Å². The summed E-state index contributed by atoms with van der Waals surface area (Å²) in [5, 5.41) is 19.2. The molecule has 4 atom stereocenters. The first-order valence-electron chi connectivity index (χ1n) is 11.5. The number of carbonyl (C=O) groups excluding carboxylic acids is 4. The summed E-state index contributed by atoms with van der Waals surface area (Å²) in [6.07, 6.45) is 3.15. The van der Waals surface area contributed by atoms with Crippen molar-refractivity contribution in [2.24, 2.45) is 17.8 Å². The SMILES string of the molecule is COc1cc([C@H]2C3=CC[C@@H]4C(=O)N(CCC(=O)O)C(=O)[C@@H]4[C@@H]3CC3=C2C(=O)C=C(Br)C3=O)ccc1O. The molecule has 0 aromatic heterocycles. The number of phenolic OH excluding ortho intramolecular Hbond substituents is 1. The third-order valence-electron chi connectivity index (χ3n) is 7.51. The zero-order valence-electron chi connectivity index (χ0n) is 19.2. The topological polar surface area (TPSA) is 138 Å². The van der Waals surface area contributed by atoms with Gasteiger partial charge in [-0.2, -0.15) is 0 Å². The molecular weight excluding hydrogens is 534 g/mol. The van der Waals surface area contributed by atoms with Crippen LogP contribution in [-0.2, 0) is 24.0 Å². The van der Waals surface area contributed by atoms with Crippen molar-refractivity contribution in [3.63, 3.8) is 0 Å². The number of nitrogens with zero attached hydrogens (tertiary/aromatic N) is 1. The summed E-state index contributed by atoms with van der Waals surface area (Å²) >= 11 is 3.18. The maximum atomic E-state index is 13.4. The summed E-state index contributed by atoms with van der Waals surface area (Å²) in [5.74, 6) is -5.11. The summed E-state index contributed by atoms with van der Waals surface area (Å²) in [6.45, 7) is -0.208. The first kappa shape index (κ1) is 24.2. The fourth-order valence-corrected chi connectivity index (χ4v) is 6.40. The molecule has 1 fully saturated rings. The van der Waals surface area contributed by atoms with Crippen LogP contribution in [0.1, 0.15) is 30.7 Å². The second-order valence-electron chi connectivity index (χ2n) is 9.30. The highest BCUT2D eigenvalue weighted by atomic mass is 79.9. The van der Waals surface area contributed by atoms with Crippen LogP contribution in [0.5, 0.6) is 11.5 Å². The second-order valence-corrected chi connectivity index (χ2v) is 10.2. The standard InChI is InChI=1S/C26H22BrNO8/c1-36-19-8-11(2-5-17(19)29)21-12-3-4-13-22(26(35)28(25(13)34)7-6-20(31)32)14(12)9-15-23(21)18(30)10-16(27)24(15)33/h2-3,5,8,10,13-14,21-22,29H,4,6-7,9H2,1H3,(H,31,32)/t13-,14+,21-,22-/m0/s1. The van der Waals surface area contributed by atoms with Gasteiger partial charge in [-0.3, -0.25) is 28.9 Å². The van der Waals surface area contributed by atoms with Gasteiger partial charge < -0.3 is 14.9 Å². The normalized spacial score (nSPS) is 27.3. The van der Waals surface area contributed by atoms with E-state index in [1.165, 1.54) is 19.3 Å². The van der Waals surface area contributed by atoms with Crippen molar-refractivity contribution < 1.29 is 38.9 Å². The Bertz CT molecular complexity index is 1340. The van der Waals surface area contributed by atoms with Crippen molar-refractivity contribution in [2.75, 3.05) is 13.7 Å². The number of allylic oxidation sites excluding steroid dienone is 6. The zero-order chi connectivity index (χ0) is 25.9. The van der Waals surface area contributed by atoms with Crippen molar-refractivity contribution in [3.8, 4) is 11.5 Å². The monoisotopic (exact) mass is 555 g/mol. The number of carboxylic acid groups (broad SMARTS) is 1. The average molecular weight is 556 g/mol. The minimum atomic E-state index is -1.11. The van der Waals surface area contributed by atoms with Gasteiger partial charge in [0.2, 0.25) is 11.8 Å². The summed E-state index contributed by atoms with van der Waals surface area (Å²) in [7, 11) is 1.40. The lowest BCUT2D eigenvalue weighted by molar-refractivity contribution is -0.142. The number of aromatic hydroxyl groups is 1. The third kappa shape index (κ3) is 3.62. The van der Waals surface area contributed by atoms with Gasteiger partial charge in [-0.15, -0.1) is 0 Å². The summed E-state index contributed by atoms with van der Waals surface area (Å²) in [4.78, 5) is 64.9. The number of fused-ring (bicyclic) bond motifs is 3. The molecule has 3 aliphatic carbocycles. The van der Waals surface area contributed by atoms with E-state index in [-0.39, 0.29) is 53.4 Å². The van der Waals surface area contributed by atoms with Gasteiger partial charge in [0, 0.05) is 29.7 Å². The predicted molar refractivity (Wildman–Crippen MR) is 128 cm³/mol. The van der Waals surface area contributed by atoms with Crippen LogP contribution < -0.4 is 4.74 Å². The van der Waals surface area contributed by atoms with Crippen LogP contribution in [-0.4, -0.2) is 58.1 Å². The van der Waals surface area contributed by atoms with E-state index < -0.39 is 41.5 Å². The van der Waals surface area contributed by atoms with Crippen LogP contribution in [0.25, 0.3) is 0 Å². The molecule has 0 spiro atoms. The fourth-order valence-electron chi connectivity index (χ4n) is 5.95. The Balaban J connectivity index is 1.63. The van der Waals surface area contributed by atoms with Gasteiger partial charge in [-0.05, 0) is 52.4 Å². The largest absolute Gasteiger partial charge is 0.504 e. The van der Waals surface area contributed by atoms with E-state index in [0.717, 1.165) is 10.5 Å². The minimum absolute atomic E-state index is 0.0835. The summed E-state index contributed by atoms with van der Waals surface area (Å²) in [5.41, 5.74) is 1.98. The van der Waals surface area contributed by atoms with E-state index >= 15 is 0 Å². The second kappa shape index (κ2) is 8.85. The number of ketones is 2. The van der Waals surface area contributed by atoms with Crippen LogP contribution in [0.3, 0.4) is 0 Å². The van der Waals surface area contributed by atoms with Gasteiger partial charge in [0.25, 0.3) is 0 Å². The van der Waals surface area contributed by atoms with E-state index in [0.29, 0.717) is 16.7 Å². The lowest BCUT2D eigenvalue weighted by Gasteiger charge is -2.42. The molecule has 5 rings (SSSR count). The molecule has 1 aliphatic heterocycles. The molecular formula is C26H22BrNO8. The molecule has 0 saturated carbocycles. The zero-order valence-corrected chi connectivity index (χ0v) is 20.8. The van der Waals surface area contributed by atoms with Gasteiger partial charge in [0.05, 0.1) is 29.8 Å². The number of phenols is 1. The number of halogens is 1. The number of hydrogen-bond acceptors (Lipinski definition) is 7. The van der Waals surface area contributed by atoms with Gasteiger partial charge in [0.15, 0.2) is 23.1 Å². The molecule has 1 heterocycles. The van der Waals surface area contributed by atoms with E-state index in [9.17, 15) is 29.1 Å². The van der Waals surface area contributed by atoms with Gasteiger partial charge in [0.1, 0.15) is 0 Å². The summed E-state index contributed by atoms with van der Waals surface area (Å²) in [6, 6.07) is 4.70. The van der Waals surface area contributed by atoms with Crippen molar-refractivity contribution in [2.45, 2.75) is 25.2 Å². The molecule has 1 saturated heterocycles. The number of rotatable bonds is 5. The van der Waals surface area contributed by atoms with Crippen LogP contribution in [0.15, 0.2) is 51.6 Å². The molecule has 2 amide bonds. The molecule has 36 heavy (non-hydrogen) atoms. The number of likely N-dealkylation sites (tertiary alicyclic amines) is 1. The predicted octanol–water partition coefficient (Wildman–Crippen LogP) is 2.64. The van der Waals surface area contributed by atoms with Gasteiger partial charge in [-0.1, -0.05) is 17.7 Å². The van der Waals surface area contributed by atoms with Crippen LogP contribution in [0, 0.1) is 17.8 Å². The number of Topliss-reactive ketones (excluding diaryl/α,β-unsaturated/α-hetero) is 1. The third-order valence-corrected chi connectivity index (χ3v) is 8.10. The molecule has 1 aromatic carbocycles. The Kier molecular flexibility index (Phi) is 5.94.